The highest BCUT2D eigenvalue weighted by molar-refractivity contribution is 7.89. The highest BCUT2D eigenvalue weighted by atomic mass is 32.2. The van der Waals surface area contributed by atoms with Gasteiger partial charge in [-0.15, -0.1) is 0 Å². The molecule has 0 heterocycles. The summed E-state index contributed by atoms with van der Waals surface area (Å²) >= 11 is 0. The van der Waals surface area contributed by atoms with Gasteiger partial charge in [0.2, 0.25) is 10.0 Å². The van der Waals surface area contributed by atoms with Gasteiger partial charge in [0.1, 0.15) is 10.7 Å². The van der Waals surface area contributed by atoms with Crippen molar-refractivity contribution in [2.75, 3.05) is 21.2 Å². The fourth-order valence-corrected chi connectivity index (χ4v) is 2.43. The molecule has 118 valence electrons. The molecule has 0 bridgehead atoms. The SMILES string of the molecule is COC(=O)c1cc(S(=O)(=O)N(C)C)c(F)cc1C(F)(F)F. The lowest BCUT2D eigenvalue weighted by Crippen LogP contribution is -2.25. The number of sulfonamides is 1. The van der Waals surface area contributed by atoms with Crippen LogP contribution in [-0.4, -0.2) is 39.9 Å². The van der Waals surface area contributed by atoms with Gasteiger partial charge in [0, 0.05) is 14.1 Å². The first-order chi connectivity index (χ1) is 9.42. The van der Waals surface area contributed by atoms with E-state index in [9.17, 15) is 30.8 Å². The Labute approximate surface area is 118 Å². The maximum absolute atomic E-state index is 13.7. The van der Waals surface area contributed by atoms with E-state index < -0.39 is 44.0 Å². The van der Waals surface area contributed by atoms with E-state index in [1.165, 1.54) is 0 Å². The van der Waals surface area contributed by atoms with Crippen LogP contribution in [0.3, 0.4) is 0 Å². The molecule has 0 aliphatic rings. The van der Waals surface area contributed by atoms with Crippen molar-refractivity contribution in [3.63, 3.8) is 0 Å². The van der Waals surface area contributed by atoms with E-state index in [-0.39, 0.29) is 6.07 Å². The summed E-state index contributed by atoms with van der Waals surface area (Å²) in [5.74, 6) is -3.03. The number of esters is 1. The van der Waals surface area contributed by atoms with E-state index in [0.717, 1.165) is 21.2 Å². The number of carbonyl (C=O) groups is 1. The van der Waals surface area contributed by atoms with Crippen LogP contribution >= 0.6 is 0 Å². The summed E-state index contributed by atoms with van der Waals surface area (Å²) in [5.41, 5.74) is -2.68. The van der Waals surface area contributed by atoms with Gasteiger partial charge in [0.05, 0.1) is 18.2 Å². The molecule has 0 fully saturated rings. The molecule has 0 N–H and O–H groups in total. The Morgan fingerprint density at radius 2 is 1.76 bits per heavy atom. The van der Waals surface area contributed by atoms with Gasteiger partial charge < -0.3 is 4.74 Å². The van der Waals surface area contributed by atoms with Crippen LogP contribution in [0.1, 0.15) is 15.9 Å². The van der Waals surface area contributed by atoms with Gasteiger partial charge in [0.25, 0.3) is 0 Å². The zero-order chi connectivity index (χ0) is 16.6. The Hall–Kier alpha value is -1.68. The molecule has 0 spiro atoms. The number of ether oxygens (including phenoxy) is 1. The standard InChI is InChI=1S/C11H11F4NO4S/c1-16(2)21(18,19)9-4-6(10(17)20-3)7(5-8(9)12)11(13,14)15/h4-5H,1-3H3. The molecule has 0 amide bonds. The molecule has 0 saturated heterocycles. The number of carbonyl (C=O) groups excluding carboxylic acids is 1. The minimum absolute atomic E-state index is 0.0391. The third kappa shape index (κ3) is 3.32. The number of alkyl halides is 3. The van der Waals surface area contributed by atoms with Crippen LogP contribution in [0.5, 0.6) is 0 Å². The monoisotopic (exact) mass is 329 g/mol. The summed E-state index contributed by atoms with van der Waals surface area (Å²) in [6, 6.07) is 0.280. The van der Waals surface area contributed by atoms with Crippen LogP contribution in [0.25, 0.3) is 0 Å². The number of methoxy groups -OCH3 is 1. The topological polar surface area (TPSA) is 63.7 Å². The first-order valence-electron chi connectivity index (χ1n) is 5.34. The number of hydrogen-bond acceptors (Lipinski definition) is 4. The maximum atomic E-state index is 13.7. The van der Waals surface area contributed by atoms with E-state index in [4.69, 9.17) is 0 Å². The average molecular weight is 329 g/mol. The second kappa shape index (κ2) is 5.60. The lowest BCUT2D eigenvalue weighted by molar-refractivity contribution is -0.138. The van der Waals surface area contributed by atoms with Crippen LogP contribution in [0.2, 0.25) is 0 Å². The van der Waals surface area contributed by atoms with Crippen molar-refractivity contribution in [2.24, 2.45) is 0 Å². The van der Waals surface area contributed by atoms with Gasteiger partial charge >= 0.3 is 12.1 Å². The Morgan fingerprint density at radius 1 is 1.24 bits per heavy atom. The van der Waals surface area contributed by atoms with Gasteiger partial charge in [-0.05, 0) is 12.1 Å². The molecule has 0 atom stereocenters. The molecule has 21 heavy (non-hydrogen) atoms. The molecule has 0 saturated carbocycles. The molecule has 1 aromatic carbocycles. The zero-order valence-electron chi connectivity index (χ0n) is 11.2. The lowest BCUT2D eigenvalue weighted by Gasteiger charge is -2.16. The van der Waals surface area contributed by atoms with Crippen molar-refractivity contribution in [1.82, 2.24) is 4.31 Å². The van der Waals surface area contributed by atoms with Crippen molar-refractivity contribution in [3.8, 4) is 0 Å². The molecule has 1 aromatic rings. The van der Waals surface area contributed by atoms with Gasteiger partial charge in [-0.1, -0.05) is 0 Å². The van der Waals surface area contributed by atoms with E-state index in [2.05, 4.69) is 4.74 Å². The fourth-order valence-electron chi connectivity index (χ4n) is 1.46. The van der Waals surface area contributed by atoms with Crippen LogP contribution < -0.4 is 0 Å². The largest absolute Gasteiger partial charge is 0.465 e. The average Bonchev–Trinajstić information content (AvgIpc) is 2.35. The van der Waals surface area contributed by atoms with Gasteiger partial charge in [0.15, 0.2) is 0 Å². The summed E-state index contributed by atoms with van der Waals surface area (Å²) in [5, 5.41) is 0. The van der Waals surface area contributed by atoms with E-state index >= 15 is 0 Å². The van der Waals surface area contributed by atoms with Crippen LogP contribution in [0, 0.1) is 5.82 Å². The van der Waals surface area contributed by atoms with Crippen LogP contribution in [0.4, 0.5) is 17.6 Å². The molecule has 0 aromatic heterocycles. The van der Waals surface area contributed by atoms with Crippen molar-refractivity contribution in [3.05, 3.63) is 29.1 Å². The van der Waals surface area contributed by atoms with Gasteiger partial charge in [-0.2, -0.15) is 13.2 Å². The fraction of sp³-hybridized carbons (Fsp3) is 0.364. The summed E-state index contributed by atoms with van der Waals surface area (Å²) < 4.78 is 80.5. The number of rotatable bonds is 3. The molecule has 1 rings (SSSR count). The second-order valence-electron chi connectivity index (χ2n) is 4.10. The Balaban J connectivity index is 3.72. The van der Waals surface area contributed by atoms with Crippen LogP contribution in [0.15, 0.2) is 17.0 Å². The number of halogens is 4. The normalized spacial score (nSPS) is 12.6. The number of nitrogens with zero attached hydrogens (tertiary/aromatic N) is 1. The Bertz CT molecular complexity index is 668. The molecule has 0 aliphatic heterocycles. The lowest BCUT2D eigenvalue weighted by atomic mass is 10.1. The predicted molar refractivity (Wildman–Crippen MR) is 63.6 cm³/mol. The van der Waals surface area contributed by atoms with E-state index in [1.807, 2.05) is 0 Å². The first-order valence-corrected chi connectivity index (χ1v) is 6.78. The highest BCUT2D eigenvalue weighted by Gasteiger charge is 2.38. The molecule has 0 radical (unpaired) electrons. The molecule has 5 nitrogen and oxygen atoms in total. The van der Waals surface area contributed by atoms with Crippen molar-refractivity contribution >= 4 is 16.0 Å². The van der Waals surface area contributed by atoms with E-state index in [0.29, 0.717) is 10.4 Å². The molecule has 10 heteroatoms. The van der Waals surface area contributed by atoms with Crippen molar-refractivity contribution in [2.45, 2.75) is 11.1 Å². The quantitative estimate of drug-likeness (QED) is 0.627. The highest BCUT2D eigenvalue weighted by Crippen LogP contribution is 2.35. The van der Waals surface area contributed by atoms with Gasteiger partial charge in [-0.3, -0.25) is 0 Å². The molecule has 0 unspecified atom stereocenters. The smallest absolute Gasteiger partial charge is 0.417 e. The second-order valence-corrected chi connectivity index (χ2v) is 6.23. The minimum Gasteiger partial charge on any atom is -0.465 e. The number of hydrogen-bond donors (Lipinski definition) is 0. The van der Waals surface area contributed by atoms with Crippen molar-refractivity contribution < 1.29 is 35.5 Å². The maximum Gasteiger partial charge on any atom is 0.417 e. The first kappa shape index (κ1) is 17.4. The third-order valence-electron chi connectivity index (χ3n) is 2.54. The predicted octanol–water partition coefficient (Wildman–Crippen LogP) is 1.88. The summed E-state index contributed by atoms with van der Waals surface area (Å²) in [4.78, 5) is 10.3. The summed E-state index contributed by atoms with van der Waals surface area (Å²) in [7, 11) is -1.38. The third-order valence-corrected chi connectivity index (χ3v) is 4.37. The minimum atomic E-state index is -5.04. The van der Waals surface area contributed by atoms with Gasteiger partial charge in [-0.25, -0.2) is 21.9 Å². The molecule has 0 aliphatic carbocycles. The summed E-state index contributed by atoms with van der Waals surface area (Å²) in [6.45, 7) is 0. The number of benzene rings is 1. The molecular formula is C11H11F4NO4S. The van der Waals surface area contributed by atoms with Crippen LogP contribution in [-0.2, 0) is 20.9 Å². The zero-order valence-corrected chi connectivity index (χ0v) is 12.0. The molecular weight excluding hydrogens is 318 g/mol. The van der Waals surface area contributed by atoms with E-state index in [1.54, 1.807) is 0 Å². The Kier molecular flexibility index (Phi) is 4.63. The summed E-state index contributed by atoms with van der Waals surface area (Å²) in [6.07, 6.45) is -5.04. The van der Waals surface area contributed by atoms with Crippen molar-refractivity contribution in [1.29, 1.82) is 0 Å². The Morgan fingerprint density at radius 3 is 2.14 bits per heavy atom.